The molecule has 0 radical (unpaired) electrons. The minimum absolute atomic E-state index is 0.269. The number of benzene rings is 5. The molecule has 0 nitrogen and oxygen atoms in total. The highest BCUT2D eigenvalue weighted by Crippen LogP contribution is 2.49. The lowest BCUT2D eigenvalue weighted by Gasteiger charge is -2.20. The summed E-state index contributed by atoms with van der Waals surface area (Å²) < 4.78 is 0.539. The van der Waals surface area contributed by atoms with Crippen molar-refractivity contribution in [2.24, 2.45) is 0 Å². The van der Waals surface area contributed by atoms with E-state index in [-0.39, 0.29) is 9.16 Å². The molecule has 0 spiro atoms. The zero-order valence-electron chi connectivity index (χ0n) is 19.6. The van der Waals surface area contributed by atoms with Gasteiger partial charge in [0.1, 0.15) is 0 Å². The third-order valence-corrected chi connectivity index (χ3v) is 10.7. The van der Waals surface area contributed by atoms with Crippen molar-refractivity contribution in [3.05, 3.63) is 157 Å². The molecule has 5 rings (SSSR count). The first-order valence-electron chi connectivity index (χ1n) is 11.8. The fourth-order valence-corrected chi connectivity index (χ4v) is 8.76. The largest absolute Gasteiger partial charge is 0.107 e. The Morgan fingerprint density at radius 2 is 0.500 bits per heavy atom. The Morgan fingerprint density at radius 3 is 0.722 bits per heavy atom. The minimum Gasteiger partial charge on any atom is -0.107 e. The quantitative estimate of drug-likeness (QED) is 0.128. The summed E-state index contributed by atoms with van der Waals surface area (Å²) in [5.74, 6) is 0. The summed E-state index contributed by atoms with van der Waals surface area (Å²) in [6, 6.07) is 52.0. The van der Waals surface area contributed by atoms with Crippen molar-refractivity contribution >= 4 is 47.0 Å². The molecule has 0 heterocycles. The zero-order chi connectivity index (χ0) is 24.4. The van der Waals surface area contributed by atoms with Gasteiger partial charge in [-0.25, -0.2) is 0 Å². The number of rotatable bonds is 10. The number of thioether (sulfide) groups is 4. The molecular weight excluding hydrogens is 513 g/mol. The summed E-state index contributed by atoms with van der Waals surface area (Å²) in [6.45, 7) is 0. The van der Waals surface area contributed by atoms with E-state index in [0.29, 0.717) is 0 Å². The van der Waals surface area contributed by atoms with Crippen LogP contribution in [0.25, 0.3) is 0 Å². The topological polar surface area (TPSA) is 0 Å². The van der Waals surface area contributed by atoms with E-state index in [1.807, 2.05) is 47.0 Å². The molecule has 0 fully saturated rings. The monoisotopic (exact) mass is 538 g/mol. The second-order valence-electron chi connectivity index (χ2n) is 8.05. The highest BCUT2D eigenvalue weighted by molar-refractivity contribution is 8.16. The Morgan fingerprint density at radius 1 is 0.278 bits per heavy atom. The van der Waals surface area contributed by atoms with Crippen molar-refractivity contribution in [3.63, 3.8) is 0 Å². The summed E-state index contributed by atoms with van der Waals surface area (Å²) in [6.07, 6.45) is 0. The van der Waals surface area contributed by atoms with E-state index in [1.54, 1.807) is 0 Å². The standard InChI is InChI=1S/C32H26S4/c1-5-13-27(14-6-1)33-31(34-28-15-7-2-8-16-28)25-21-23-26(24-22-25)32(35-29-17-9-3-10-18-29)36-30-19-11-4-12-20-30/h1-24,31-32H. The van der Waals surface area contributed by atoms with E-state index < -0.39 is 0 Å². The molecule has 0 bridgehead atoms. The highest BCUT2D eigenvalue weighted by atomic mass is 32.2. The summed E-state index contributed by atoms with van der Waals surface area (Å²) in [5, 5.41) is 0. The Hall–Kier alpha value is -2.50. The van der Waals surface area contributed by atoms with Crippen LogP contribution in [-0.2, 0) is 0 Å². The Bertz CT molecular complexity index is 1120. The predicted octanol–water partition coefficient (Wildman–Crippen LogP) is 10.9. The molecule has 0 atom stereocenters. The van der Waals surface area contributed by atoms with E-state index in [2.05, 4.69) is 146 Å². The molecule has 0 amide bonds. The van der Waals surface area contributed by atoms with Crippen LogP contribution < -0.4 is 0 Å². The second kappa shape index (κ2) is 13.2. The van der Waals surface area contributed by atoms with Crippen LogP contribution >= 0.6 is 47.0 Å². The van der Waals surface area contributed by atoms with E-state index in [9.17, 15) is 0 Å². The molecule has 0 aliphatic carbocycles. The van der Waals surface area contributed by atoms with Crippen molar-refractivity contribution in [2.75, 3.05) is 0 Å². The molecule has 4 heteroatoms. The van der Waals surface area contributed by atoms with Gasteiger partial charge in [0.25, 0.3) is 0 Å². The fraction of sp³-hybridized carbons (Fsp3) is 0.0625. The Kier molecular flexibility index (Phi) is 9.20. The number of hydrogen-bond acceptors (Lipinski definition) is 4. The molecule has 0 N–H and O–H groups in total. The maximum absolute atomic E-state index is 2.32. The average molecular weight is 539 g/mol. The molecule has 36 heavy (non-hydrogen) atoms. The van der Waals surface area contributed by atoms with Gasteiger partial charge in [0.05, 0.1) is 9.16 Å². The van der Waals surface area contributed by atoms with Gasteiger partial charge in [-0.05, 0) is 59.7 Å². The molecule has 0 unspecified atom stereocenters. The summed E-state index contributed by atoms with van der Waals surface area (Å²) in [4.78, 5) is 5.14. The van der Waals surface area contributed by atoms with E-state index in [1.165, 1.54) is 30.7 Å². The van der Waals surface area contributed by atoms with Crippen molar-refractivity contribution in [3.8, 4) is 0 Å². The molecule has 0 saturated heterocycles. The maximum atomic E-state index is 2.32. The summed E-state index contributed by atoms with van der Waals surface area (Å²) in [7, 11) is 0. The van der Waals surface area contributed by atoms with Crippen molar-refractivity contribution in [1.29, 1.82) is 0 Å². The zero-order valence-corrected chi connectivity index (χ0v) is 22.9. The maximum Gasteiger partial charge on any atom is 0.0845 e. The lowest BCUT2D eigenvalue weighted by atomic mass is 10.2. The van der Waals surface area contributed by atoms with E-state index in [0.717, 1.165) is 0 Å². The van der Waals surface area contributed by atoms with Gasteiger partial charge < -0.3 is 0 Å². The van der Waals surface area contributed by atoms with Crippen LogP contribution in [0.15, 0.2) is 165 Å². The van der Waals surface area contributed by atoms with Crippen LogP contribution in [0.1, 0.15) is 20.3 Å². The molecule has 0 aliphatic rings. The van der Waals surface area contributed by atoms with Gasteiger partial charge in [-0.3, -0.25) is 0 Å². The van der Waals surface area contributed by atoms with Gasteiger partial charge in [-0.1, -0.05) is 97.1 Å². The second-order valence-corrected chi connectivity index (χ2v) is 13.4. The SMILES string of the molecule is c1ccc(SC(Sc2ccccc2)c2ccc(C(Sc3ccccc3)Sc3ccccc3)cc2)cc1. The van der Waals surface area contributed by atoms with Gasteiger partial charge in [0.15, 0.2) is 0 Å². The molecule has 0 saturated carbocycles. The molecule has 5 aromatic carbocycles. The lowest BCUT2D eigenvalue weighted by Crippen LogP contribution is -1.94. The van der Waals surface area contributed by atoms with Crippen LogP contribution in [0, 0.1) is 0 Å². The van der Waals surface area contributed by atoms with Gasteiger partial charge in [-0.15, -0.1) is 47.0 Å². The number of hydrogen-bond donors (Lipinski definition) is 0. The summed E-state index contributed by atoms with van der Waals surface area (Å²) in [5.41, 5.74) is 2.66. The normalized spacial score (nSPS) is 11.2. The average Bonchev–Trinajstić information content (AvgIpc) is 2.95. The van der Waals surface area contributed by atoms with Crippen LogP contribution in [-0.4, -0.2) is 0 Å². The third kappa shape index (κ3) is 7.27. The Balaban J connectivity index is 1.41. The van der Waals surface area contributed by atoms with Gasteiger partial charge in [-0.2, -0.15) is 0 Å². The van der Waals surface area contributed by atoms with Gasteiger partial charge in [0.2, 0.25) is 0 Å². The fourth-order valence-electron chi connectivity index (χ4n) is 3.62. The molecule has 5 aromatic rings. The van der Waals surface area contributed by atoms with Crippen LogP contribution in [0.3, 0.4) is 0 Å². The molecule has 0 aromatic heterocycles. The van der Waals surface area contributed by atoms with Crippen LogP contribution in [0.5, 0.6) is 0 Å². The Labute approximate surface area is 231 Å². The molecule has 178 valence electrons. The first-order valence-corrected chi connectivity index (χ1v) is 15.3. The van der Waals surface area contributed by atoms with Gasteiger partial charge >= 0.3 is 0 Å². The van der Waals surface area contributed by atoms with Crippen molar-refractivity contribution in [2.45, 2.75) is 28.7 Å². The molecule has 0 aliphatic heterocycles. The van der Waals surface area contributed by atoms with Crippen molar-refractivity contribution in [1.82, 2.24) is 0 Å². The first kappa shape index (κ1) is 25.2. The van der Waals surface area contributed by atoms with Crippen LogP contribution in [0.2, 0.25) is 0 Å². The van der Waals surface area contributed by atoms with Crippen molar-refractivity contribution < 1.29 is 0 Å². The first-order chi connectivity index (χ1) is 17.8. The predicted molar refractivity (Wildman–Crippen MR) is 161 cm³/mol. The minimum atomic E-state index is 0.269. The summed E-state index contributed by atoms with van der Waals surface area (Å²) >= 11 is 7.63. The lowest BCUT2D eigenvalue weighted by molar-refractivity contribution is 1.28. The third-order valence-electron chi connectivity index (χ3n) is 5.43. The van der Waals surface area contributed by atoms with E-state index >= 15 is 0 Å². The van der Waals surface area contributed by atoms with Gasteiger partial charge in [0, 0.05) is 19.6 Å². The van der Waals surface area contributed by atoms with E-state index in [4.69, 9.17) is 0 Å². The highest BCUT2D eigenvalue weighted by Gasteiger charge is 2.19. The molecular formula is C32H26S4. The smallest absolute Gasteiger partial charge is 0.0845 e. The van der Waals surface area contributed by atoms with Crippen LogP contribution in [0.4, 0.5) is 0 Å².